The number of aromatic hydroxyl groups is 1. The van der Waals surface area contributed by atoms with Gasteiger partial charge in [0.15, 0.2) is 23.1 Å². The number of unbranched alkanes of at least 4 members (excludes halogenated alkanes) is 1. The van der Waals surface area contributed by atoms with Gasteiger partial charge in [-0.25, -0.2) is 0 Å². The summed E-state index contributed by atoms with van der Waals surface area (Å²) in [7, 11) is 2.27. The summed E-state index contributed by atoms with van der Waals surface area (Å²) in [5.74, 6) is -9.74. The van der Waals surface area contributed by atoms with Gasteiger partial charge in [0.05, 0.1) is 42.1 Å². The lowest BCUT2D eigenvalue weighted by Gasteiger charge is -2.29. The van der Waals surface area contributed by atoms with Gasteiger partial charge in [-0.15, -0.1) is 0 Å². The van der Waals surface area contributed by atoms with Crippen LogP contribution in [0.3, 0.4) is 0 Å². The highest BCUT2D eigenvalue weighted by atomic mass is 33.1. The van der Waals surface area contributed by atoms with Gasteiger partial charge in [0, 0.05) is 49.0 Å². The SMILES string of the molecule is CC(C)[C@@H]1CC(=O)[C@H](CCCCN)NC(=O)[C@@H](C(C)C)CC(=O)[C@H](Cc2ccc(O)cc2)NC(=O)[C@@H](CC(=O)[C@H](N)Cc2ccc3ccccc3c2)CSSC[C@@H](C(=O)C[C@H](C(N)=O)C(C)O)NC1=O. The molecule has 0 bridgehead atoms. The van der Waals surface area contributed by atoms with Crippen LogP contribution in [-0.4, -0.2) is 105 Å². The maximum atomic E-state index is 14.6. The number of benzene rings is 3. The molecular formula is C52H72N6O10S2. The standard InChI is InChI=1S/C52H72N6O10S2/c1-29(2)38-24-46(62)42(12-8-9-19-53)56-51(67)39(30(3)4)25-47(63)43(22-32-14-17-37(60)18-15-32)57-50(66)36(23-45(61)41(54)21-33-13-16-34-10-6-7-11-35(34)20-33)27-69-70-28-44(58-52(38)68)48(64)26-40(31(5)59)49(55)65/h6-7,10-11,13-18,20,29-31,36,38-44,59-60H,8-9,12,19,21-28,53-54H2,1-5H3,(H2,55,65)(H,56,67)(H,57,66)(H,58,68)/t31?,36-,38-,39+,40-,41+,42-,43-,44-/m0/s1. The number of phenols is 1. The molecule has 382 valence electrons. The fourth-order valence-corrected chi connectivity index (χ4v) is 10.9. The van der Waals surface area contributed by atoms with Crippen LogP contribution in [0.1, 0.15) is 90.7 Å². The Kier molecular flexibility index (Phi) is 23.0. The normalized spacial score (nSPS) is 23.0. The molecule has 0 radical (unpaired) electrons. The minimum Gasteiger partial charge on any atom is -0.508 e. The number of primary amides is 1. The van der Waals surface area contributed by atoms with Gasteiger partial charge in [0.2, 0.25) is 23.6 Å². The molecule has 16 nitrogen and oxygen atoms in total. The smallest absolute Gasteiger partial charge is 0.225 e. The topological polar surface area (TPSA) is 291 Å². The number of carbonyl (C=O) groups excluding carboxylic acids is 8. The van der Waals surface area contributed by atoms with Crippen LogP contribution in [0, 0.1) is 35.5 Å². The first kappa shape index (κ1) is 57.4. The van der Waals surface area contributed by atoms with Gasteiger partial charge in [-0.3, -0.25) is 38.4 Å². The molecule has 0 saturated carbocycles. The minimum atomic E-state index is -1.27. The van der Waals surface area contributed by atoms with Crippen molar-refractivity contribution in [2.24, 2.45) is 52.7 Å². The highest BCUT2D eigenvalue weighted by Gasteiger charge is 2.37. The van der Waals surface area contributed by atoms with Crippen molar-refractivity contribution in [1.29, 1.82) is 0 Å². The van der Waals surface area contributed by atoms with Crippen molar-refractivity contribution in [2.45, 2.75) is 123 Å². The molecule has 1 unspecified atom stereocenters. The van der Waals surface area contributed by atoms with E-state index in [1.54, 1.807) is 39.8 Å². The first-order valence-electron chi connectivity index (χ1n) is 24.1. The maximum absolute atomic E-state index is 14.6. The fraction of sp³-hybridized carbons (Fsp3) is 0.538. The van der Waals surface area contributed by atoms with Crippen molar-refractivity contribution in [2.75, 3.05) is 18.1 Å². The molecule has 70 heavy (non-hydrogen) atoms. The van der Waals surface area contributed by atoms with Crippen LogP contribution in [-0.2, 0) is 51.2 Å². The summed E-state index contributed by atoms with van der Waals surface area (Å²) in [6, 6.07) is 15.3. The number of amides is 4. The minimum absolute atomic E-state index is 0.00516. The van der Waals surface area contributed by atoms with Crippen molar-refractivity contribution in [3.05, 3.63) is 77.9 Å². The van der Waals surface area contributed by atoms with E-state index >= 15 is 0 Å². The lowest BCUT2D eigenvalue weighted by molar-refractivity contribution is -0.137. The molecule has 1 aliphatic heterocycles. The van der Waals surface area contributed by atoms with E-state index in [2.05, 4.69) is 16.0 Å². The summed E-state index contributed by atoms with van der Waals surface area (Å²) in [6.07, 6.45) is -1.25. The second-order valence-corrected chi connectivity index (χ2v) is 21.8. The summed E-state index contributed by atoms with van der Waals surface area (Å²) in [4.78, 5) is 112. The zero-order valence-corrected chi connectivity index (χ0v) is 42.5. The van der Waals surface area contributed by atoms with Gasteiger partial charge in [0.25, 0.3) is 0 Å². The molecule has 1 fully saturated rings. The van der Waals surface area contributed by atoms with Crippen LogP contribution in [0.4, 0.5) is 0 Å². The number of phenolic OH excluding ortho intramolecular Hbond substituents is 1. The second kappa shape index (κ2) is 28.0. The van der Waals surface area contributed by atoms with Gasteiger partial charge in [-0.1, -0.05) is 104 Å². The molecule has 0 aliphatic carbocycles. The number of rotatable bonds is 18. The van der Waals surface area contributed by atoms with Crippen molar-refractivity contribution in [3.63, 3.8) is 0 Å². The highest BCUT2D eigenvalue weighted by Crippen LogP contribution is 2.30. The molecule has 0 aromatic heterocycles. The summed E-state index contributed by atoms with van der Waals surface area (Å²) in [5.41, 5.74) is 19.3. The number of nitrogens with two attached hydrogens (primary N) is 3. The molecule has 18 heteroatoms. The lowest BCUT2D eigenvalue weighted by Crippen LogP contribution is -2.50. The third-order valence-electron chi connectivity index (χ3n) is 13.0. The van der Waals surface area contributed by atoms with Crippen LogP contribution in [0.25, 0.3) is 10.8 Å². The molecule has 4 rings (SSSR count). The Hall–Kier alpha value is -5.14. The maximum Gasteiger partial charge on any atom is 0.225 e. The molecule has 1 aliphatic rings. The number of Topliss-reactive ketones (excluding diaryl/α,β-unsaturated/α-hetero) is 4. The first-order chi connectivity index (χ1) is 33.2. The van der Waals surface area contributed by atoms with Crippen molar-refractivity contribution in [3.8, 4) is 5.75 Å². The third-order valence-corrected chi connectivity index (χ3v) is 15.5. The zero-order valence-electron chi connectivity index (χ0n) is 40.9. The number of carbonyl (C=O) groups is 8. The predicted molar refractivity (Wildman–Crippen MR) is 274 cm³/mol. The molecule has 9 atom stereocenters. The zero-order chi connectivity index (χ0) is 51.7. The van der Waals surface area contributed by atoms with Gasteiger partial charge in [0.1, 0.15) is 5.75 Å². The average molecular weight is 1010 g/mol. The molecule has 3 aromatic carbocycles. The van der Waals surface area contributed by atoms with E-state index in [9.17, 15) is 48.6 Å². The Morgan fingerprint density at radius 2 is 1.30 bits per heavy atom. The number of hydrogen-bond donors (Lipinski definition) is 8. The fourth-order valence-electron chi connectivity index (χ4n) is 8.43. The van der Waals surface area contributed by atoms with Gasteiger partial charge in [-0.2, -0.15) is 0 Å². The Morgan fingerprint density at radius 1 is 0.729 bits per heavy atom. The second-order valence-electron chi connectivity index (χ2n) is 19.2. The van der Waals surface area contributed by atoms with Crippen LogP contribution in [0.5, 0.6) is 5.75 Å². The average Bonchev–Trinajstić information content (AvgIpc) is 3.31. The summed E-state index contributed by atoms with van der Waals surface area (Å²) < 4.78 is 0. The van der Waals surface area contributed by atoms with Crippen LogP contribution >= 0.6 is 21.6 Å². The quantitative estimate of drug-likeness (QED) is 0.0658. The Labute approximate surface area is 418 Å². The van der Waals surface area contributed by atoms with E-state index in [1.165, 1.54) is 19.1 Å². The molecule has 1 heterocycles. The van der Waals surface area contributed by atoms with E-state index < -0.39 is 119 Å². The Bertz CT molecular complexity index is 2290. The van der Waals surface area contributed by atoms with E-state index in [0.29, 0.717) is 24.9 Å². The predicted octanol–water partition coefficient (Wildman–Crippen LogP) is 4.12. The van der Waals surface area contributed by atoms with Crippen LogP contribution < -0.4 is 33.2 Å². The monoisotopic (exact) mass is 1000 g/mol. The van der Waals surface area contributed by atoms with E-state index in [-0.39, 0.29) is 55.8 Å². The third kappa shape index (κ3) is 17.6. The number of fused-ring (bicyclic) bond motifs is 1. The number of aliphatic hydroxyl groups excluding tert-OH is 1. The molecule has 0 spiro atoms. The largest absolute Gasteiger partial charge is 0.508 e. The van der Waals surface area contributed by atoms with Gasteiger partial charge < -0.3 is 43.4 Å². The van der Waals surface area contributed by atoms with Gasteiger partial charge in [-0.05, 0) is 91.4 Å². The van der Waals surface area contributed by atoms with Crippen molar-refractivity contribution in [1.82, 2.24) is 16.0 Å². The highest BCUT2D eigenvalue weighted by molar-refractivity contribution is 8.76. The molecule has 4 amide bonds. The van der Waals surface area contributed by atoms with Crippen LogP contribution in [0.15, 0.2) is 66.7 Å². The van der Waals surface area contributed by atoms with Gasteiger partial charge >= 0.3 is 0 Å². The lowest BCUT2D eigenvalue weighted by atomic mass is 9.85. The van der Waals surface area contributed by atoms with Crippen molar-refractivity contribution < 1.29 is 48.6 Å². The van der Waals surface area contributed by atoms with Crippen LogP contribution in [0.2, 0.25) is 0 Å². The molecule has 11 N–H and O–H groups in total. The van der Waals surface area contributed by atoms with E-state index in [4.69, 9.17) is 17.2 Å². The van der Waals surface area contributed by atoms with Crippen molar-refractivity contribution >= 4 is 79.1 Å². The first-order valence-corrected chi connectivity index (χ1v) is 26.6. The summed E-state index contributed by atoms with van der Waals surface area (Å²) in [5, 5.41) is 30.9. The molecule has 3 aromatic rings. The number of nitrogens with one attached hydrogen (secondary N) is 3. The number of aliphatic hydroxyl groups is 1. The van der Waals surface area contributed by atoms with E-state index in [1.807, 2.05) is 42.5 Å². The number of ketones is 4. The van der Waals surface area contributed by atoms with E-state index in [0.717, 1.165) is 37.9 Å². The molecule has 1 saturated heterocycles. The summed E-state index contributed by atoms with van der Waals surface area (Å²) in [6.45, 7) is 8.73. The Balaban J connectivity index is 1.76. The number of hydrogen-bond acceptors (Lipinski definition) is 14. The summed E-state index contributed by atoms with van der Waals surface area (Å²) >= 11 is 0. The Morgan fingerprint density at radius 3 is 1.90 bits per heavy atom. The molecular weight excluding hydrogens is 933 g/mol.